The van der Waals surface area contributed by atoms with Crippen LogP contribution in [0.5, 0.6) is 0 Å². The Kier molecular flexibility index (Phi) is 21.2. The number of nitrogens with zero attached hydrogens (tertiary/aromatic N) is 3. The molecule has 1 radical (unpaired) electrons. The van der Waals surface area contributed by atoms with Crippen molar-refractivity contribution >= 4 is 29.7 Å². The van der Waals surface area contributed by atoms with Crippen molar-refractivity contribution in [2.24, 2.45) is 0 Å². The van der Waals surface area contributed by atoms with Crippen LogP contribution >= 0.6 is 0 Å². The van der Waals surface area contributed by atoms with E-state index in [1.807, 2.05) is 0 Å². The van der Waals surface area contributed by atoms with Crippen molar-refractivity contribution in [3.63, 3.8) is 0 Å². The zero-order chi connectivity index (χ0) is 22.4. The standard InChI is InChI=1S/C16H29N5O8.CH4.Gd/c1-17-12(22)7-20(10-15(26)27)5-3-19(9-14(24)25)4-6-21(11-16(28)29)8-13(23)18-2;;/h3-11H2,1-2H3,(H,17,22)(H,18,23)(H,24,25)(H,26,27)(H,28,29);1H4;/q;;+3/p-3. The number of amides is 2. The number of carboxylic acids is 3. The van der Waals surface area contributed by atoms with E-state index < -0.39 is 49.4 Å². The summed E-state index contributed by atoms with van der Waals surface area (Å²) in [7, 11) is 2.78. The summed E-state index contributed by atoms with van der Waals surface area (Å²) in [6, 6.07) is 0. The minimum absolute atomic E-state index is 0. The van der Waals surface area contributed by atoms with Gasteiger partial charge in [0.2, 0.25) is 11.8 Å². The number of rotatable bonds is 16. The predicted molar refractivity (Wildman–Crippen MR) is 99.2 cm³/mol. The molecule has 2 N–H and O–H groups in total. The maximum Gasteiger partial charge on any atom is 3.00 e. The third kappa shape index (κ3) is 19.0. The van der Waals surface area contributed by atoms with Crippen LogP contribution in [0.2, 0.25) is 0 Å². The molecule has 0 unspecified atom stereocenters. The molecule has 2 amide bonds. The van der Waals surface area contributed by atoms with Crippen molar-refractivity contribution in [2.75, 3.05) is 73.0 Å². The average molecular weight is 590 g/mol. The van der Waals surface area contributed by atoms with Crippen LogP contribution in [0.1, 0.15) is 7.43 Å². The summed E-state index contributed by atoms with van der Waals surface area (Å²) in [6.07, 6.45) is 0. The van der Waals surface area contributed by atoms with Crippen molar-refractivity contribution in [3.8, 4) is 0 Å². The van der Waals surface area contributed by atoms with E-state index in [9.17, 15) is 39.3 Å². The fourth-order valence-corrected chi connectivity index (χ4v) is 2.38. The summed E-state index contributed by atoms with van der Waals surface area (Å²) in [5.41, 5.74) is 0. The molecule has 14 heteroatoms. The van der Waals surface area contributed by atoms with E-state index >= 15 is 0 Å². The molecule has 0 heterocycles. The van der Waals surface area contributed by atoms with E-state index in [1.54, 1.807) is 0 Å². The summed E-state index contributed by atoms with van der Waals surface area (Å²) >= 11 is 0. The molecule has 0 aromatic rings. The van der Waals surface area contributed by atoms with Gasteiger partial charge >= 0.3 is 39.9 Å². The minimum Gasteiger partial charge on any atom is -0.549 e. The van der Waals surface area contributed by atoms with Gasteiger partial charge in [-0.3, -0.25) is 24.3 Å². The molecule has 0 spiro atoms. The first-order valence-corrected chi connectivity index (χ1v) is 8.75. The summed E-state index contributed by atoms with van der Waals surface area (Å²) in [5.74, 6) is -5.04. The van der Waals surface area contributed by atoms with Crippen molar-refractivity contribution in [2.45, 2.75) is 7.43 Å². The Hall–Kier alpha value is -1.45. The maximum absolute atomic E-state index is 11.5. The third-order valence-electron chi connectivity index (χ3n) is 3.82. The number of hydrogen-bond donors (Lipinski definition) is 2. The fraction of sp³-hybridized carbons (Fsp3) is 0.706. The molecule has 0 bridgehead atoms. The van der Waals surface area contributed by atoms with Crippen molar-refractivity contribution in [3.05, 3.63) is 0 Å². The van der Waals surface area contributed by atoms with Crippen LogP contribution in [0.15, 0.2) is 0 Å². The van der Waals surface area contributed by atoms with E-state index in [4.69, 9.17) is 0 Å². The molecule has 0 aliphatic rings. The Labute approximate surface area is 213 Å². The molecule has 0 aromatic heterocycles. The van der Waals surface area contributed by atoms with Gasteiger partial charge in [-0.1, -0.05) is 7.43 Å². The number of nitrogens with one attached hydrogen (secondary N) is 2. The molecule has 0 aliphatic carbocycles. The summed E-state index contributed by atoms with van der Waals surface area (Å²) < 4.78 is 0. The summed E-state index contributed by atoms with van der Waals surface area (Å²) in [4.78, 5) is 59.6. The predicted octanol–water partition coefficient (Wildman–Crippen LogP) is -6.73. The first-order chi connectivity index (χ1) is 13.6. The Morgan fingerprint density at radius 3 is 1.10 bits per heavy atom. The SMILES string of the molecule is C.CNC(=O)CN(CCN(CCN(CC(=O)[O-])CC(=O)NC)CC(=O)[O-])CC(=O)[O-].[Gd+3]. The van der Waals surface area contributed by atoms with E-state index in [2.05, 4.69) is 10.6 Å². The monoisotopic (exact) mass is 590 g/mol. The van der Waals surface area contributed by atoms with E-state index in [0.29, 0.717) is 0 Å². The number of carbonyl (C=O) groups excluding carboxylic acids is 5. The van der Waals surface area contributed by atoms with Crippen LogP contribution in [0.3, 0.4) is 0 Å². The molecular weight excluding hydrogens is 559 g/mol. The number of hydrogen-bond acceptors (Lipinski definition) is 11. The van der Waals surface area contributed by atoms with Gasteiger partial charge in [0.25, 0.3) is 0 Å². The molecule has 0 rings (SSSR count). The molecule has 0 aliphatic heterocycles. The molecule has 179 valence electrons. The van der Waals surface area contributed by atoms with Gasteiger partial charge in [0.15, 0.2) is 0 Å². The van der Waals surface area contributed by atoms with Crippen LogP contribution in [0.4, 0.5) is 0 Å². The van der Waals surface area contributed by atoms with Crippen LogP contribution in [0.25, 0.3) is 0 Å². The Balaban J connectivity index is -0.00000392. The minimum atomic E-state index is -1.40. The number of carboxylic acid groups (broad SMARTS) is 3. The average Bonchev–Trinajstić information content (AvgIpc) is 2.61. The number of likely N-dealkylation sites (N-methyl/N-ethyl adjacent to an activating group) is 2. The van der Waals surface area contributed by atoms with E-state index in [1.165, 1.54) is 28.8 Å². The molecular formula is C17H30GdN5O8. The maximum atomic E-state index is 11.5. The van der Waals surface area contributed by atoms with Gasteiger partial charge in [-0.15, -0.1) is 0 Å². The van der Waals surface area contributed by atoms with Gasteiger partial charge in [-0.2, -0.15) is 0 Å². The molecule has 0 saturated heterocycles. The van der Waals surface area contributed by atoms with E-state index in [-0.39, 0.29) is 86.6 Å². The molecule has 0 saturated carbocycles. The topological polar surface area (TPSA) is 188 Å². The molecule has 0 fully saturated rings. The van der Waals surface area contributed by atoms with Gasteiger partial charge in [0.1, 0.15) is 0 Å². The molecule has 31 heavy (non-hydrogen) atoms. The Morgan fingerprint density at radius 1 is 0.581 bits per heavy atom. The summed E-state index contributed by atoms with van der Waals surface area (Å²) in [6.45, 7) is -1.84. The second kappa shape index (κ2) is 19.3. The molecule has 13 nitrogen and oxygen atoms in total. The summed E-state index contributed by atoms with van der Waals surface area (Å²) in [5, 5.41) is 37.4. The zero-order valence-corrected chi connectivity index (χ0v) is 19.1. The normalized spacial score (nSPS) is 10.2. The Morgan fingerprint density at radius 2 is 0.839 bits per heavy atom. The van der Waals surface area contributed by atoms with Gasteiger partial charge in [0, 0.05) is 59.9 Å². The zero-order valence-electron chi connectivity index (χ0n) is 16.8. The molecule has 0 atom stereocenters. The van der Waals surface area contributed by atoms with Gasteiger partial charge < -0.3 is 40.3 Å². The fourth-order valence-electron chi connectivity index (χ4n) is 2.38. The second-order valence-corrected chi connectivity index (χ2v) is 6.16. The Bertz CT molecular complexity index is 551. The van der Waals surface area contributed by atoms with E-state index in [0.717, 1.165) is 0 Å². The van der Waals surface area contributed by atoms with Crippen molar-refractivity contribution in [1.82, 2.24) is 25.3 Å². The van der Waals surface area contributed by atoms with Crippen molar-refractivity contribution < 1.29 is 79.2 Å². The quantitative estimate of drug-likeness (QED) is 0.174. The number of carbonyl (C=O) groups is 5. The second-order valence-electron chi connectivity index (χ2n) is 6.16. The van der Waals surface area contributed by atoms with Crippen molar-refractivity contribution in [1.29, 1.82) is 0 Å². The molecule has 0 aromatic carbocycles. The van der Waals surface area contributed by atoms with Gasteiger partial charge in [-0.05, 0) is 0 Å². The first kappa shape index (κ1) is 34.2. The van der Waals surface area contributed by atoms with Gasteiger partial charge in [0.05, 0.1) is 31.0 Å². The van der Waals surface area contributed by atoms with Crippen LogP contribution in [-0.4, -0.2) is 117 Å². The van der Waals surface area contributed by atoms with Crippen LogP contribution < -0.4 is 26.0 Å². The first-order valence-electron chi connectivity index (χ1n) is 8.75. The van der Waals surface area contributed by atoms with Crippen LogP contribution in [0, 0.1) is 39.9 Å². The number of aliphatic carboxylic acids is 3. The largest absolute Gasteiger partial charge is 3.00 e. The van der Waals surface area contributed by atoms with Crippen LogP contribution in [-0.2, 0) is 24.0 Å². The van der Waals surface area contributed by atoms with Gasteiger partial charge in [-0.25, -0.2) is 0 Å². The third-order valence-corrected chi connectivity index (χ3v) is 3.82. The smallest absolute Gasteiger partial charge is 0.549 e.